The van der Waals surface area contributed by atoms with Crippen LogP contribution in [0.25, 0.3) is 10.9 Å². The van der Waals surface area contributed by atoms with Gasteiger partial charge in [-0.15, -0.1) is 0 Å². The molecule has 25 heavy (non-hydrogen) atoms. The summed E-state index contributed by atoms with van der Waals surface area (Å²) in [6.07, 6.45) is 1.94. The van der Waals surface area contributed by atoms with Crippen molar-refractivity contribution in [1.82, 2.24) is 4.57 Å². The number of rotatable bonds is 5. The molecule has 3 rings (SSSR count). The largest absolute Gasteiger partial charge is 0.383 e. The fourth-order valence-electron chi connectivity index (χ4n) is 2.73. The highest BCUT2D eigenvalue weighted by Gasteiger charge is 2.11. The van der Waals surface area contributed by atoms with Crippen LogP contribution in [-0.2, 0) is 11.3 Å². The quantitative estimate of drug-likeness (QED) is 0.631. The Morgan fingerprint density at radius 3 is 2.76 bits per heavy atom. The maximum absolute atomic E-state index is 12.4. The van der Waals surface area contributed by atoms with E-state index in [0.29, 0.717) is 6.61 Å². The lowest BCUT2D eigenvalue weighted by atomic mass is 10.2. The number of methoxy groups -OCH3 is 1. The molecule has 2 N–H and O–H groups in total. The normalized spacial score (nSPS) is 10.8. The molecule has 0 aliphatic heterocycles. The van der Waals surface area contributed by atoms with Crippen molar-refractivity contribution in [3.05, 3.63) is 58.7 Å². The second kappa shape index (κ2) is 7.72. The van der Waals surface area contributed by atoms with Crippen molar-refractivity contribution in [2.24, 2.45) is 0 Å². The molecule has 1 aromatic heterocycles. The molecule has 3 aromatic rings. The van der Waals surface area contributed by atoms with E-state index in [2.05, 4.69) is 31.1 Å². The first-order valence-corrected chi connectivity index (χ1v) is 8.79. The monoisotopic (exact) mass is 401 g/mol. The SMILES string of the molecule is COCCn1cc(NC(=O)Nc2ccc(Br)c(C)c2)c2ccccc21. The van der Waals surface area contributed by atoms with Gasteiger partial charge in [0.25, 0.3) is 0 Å². The third kappa shape index (κ3) is 4.03. The topological polar surface area (TPSA) is 55.3 Å². The summed E-state index contributed by atoms with van der Waals surface area (Å²) in [4.78, 5) is 12.4. The number of amides is 2. The van der Waals surface area contributed by atoms with E-state index in [-0.39, 0.29) is 6.03 Å². The van der Waals surface area contributed by atoms with Crippen molar-refractivity contribution in [3.8, 4) is 0 Å². The molecule has 1 heterocycles. The number of urea groups is 1. The summed E-state index contributed by atoms with van der Waals surface area (Å²) in [5.41, 5.74) is 3.66. The van der Waals surface area contributed by atoms with Gasteiger partial charge in [-0.05, 0) is 36.8 Å². The number of aryl methyl sites for hydroxylation is 1. The van der Waals surface area contributed by atoms with E-state index in [1.165, 1.54) is 0 Å². The zero-order valence-electron chi connectivity index (χ0n) is 14.2. The van der Waals surface area contributed by atoms with Gasteiger partial charge in [0.1, 0.15) is 0 Å². The van der Waals surface area contributed by atoms with Gasteiger partial charge in [0, 0.05) is 35.4 Å². The number of benzene rings is 2. The maximum Gasteiger partial charge on any atom is 0.323 e. The molecule has 130 valence electrons. The first kappa shape index (κ1) is 17.5. The van der Waals surface area contributed by atoms with E-state index in [4.69, 9.17) is 4.74 Å². The van der Waals surface area contributed by atoms with Crippen molar-refractivity contribution in [1.29, 1.82) is 0 Å². The maximum atomic E-state index is 12.4. The molecule has 0 radical (unpaired) electrons. The number of ether oxygens (including phenoxy) is 1. The summed E-state index contributed by atoms with van der Waals surface area (Å²) >= 11 is 3.46. The van der Waals surface area contributed by atoms with Gasteiger partial charge >= 0.3 is 6.03 Å². The number of nitrogens with one attached hydrogen (secondary N) is 2. The van der Waals surface area contributed by atoms with Crippen LogP contribution in [0.1, 0.15) is 5.56 Å². The molecule has 5 nitrogen and oxygen atoms in total. The second-order valence-electron chi connectivity index (χ2n) is 5.79. The molecule has 0 bridgehead atoms. The highest BCUT2D eigenvalue weighted by molar-refractivity contribution is 9.10. The minimum absolute atomic E-state index is 0.267. The molecular formula is C19H20BrN3O2. The van der Waals surface area contributed by atoms with Gasteiger partial charge in [-0.3, -0.25) is 0 Å². The predicted molar refractivity (Wildman–Crippen MR) is 105 cm³/mol. The lowest BCUT2D eigenvalue weighted by Crippen LogP contribution is -2.19. The van der Waals surface area contributed by atoms with Crippen LogP contribution in [0.15, 0.2) is 53.1 Å². The number of carbonyl (C=O) groups is 1. The average molecular weight is 402 g/mol. The molecule has 2 amide bonds. The first-order chi connectivity index (χ1) is 12.1. The third-order valence-electron chi connectivity index (χ3n) is 3.99. The number of carbonyl (C=O) groups excluding carboxylic acids is 1. The van der Waals surface area contributed by atoms with Crippen LogP contribution in [0.2, 0.25) is 0 Å². The Bertz CT molecular complexity index is 905. The van der Waals surface area contributed by atoms with Crippen molar-refractivity contribution >= 4 is 44.2 Å². The first-order valence-electron chi connectivity index (χ1n) is 7.99. The van der Waals surface area contributed by atoms with Crippen LogP contribution in [0.4, 0.5) is 16.2 Å². The number of aromatic nitrogens is 1. The number of nitrogens with zero attached hydrogens (tertiary/aromatic N) is 1. The van der Waals surface area contributed by atoms with Crippen LogP contribution >= 0.6 is 15.9 Å². The van der Waals surface area contributed by atoms with Crippen LogP contribution in [0, 0.1) is 6.92 Å². The summed E-state index contributed by atoms with van der Waals surface area (Å²) in [5.74, 6) is 0. The Hall–Kier alpha value is -2.31. The molecule has 0 aliphatic carbocycles. The number of hydrogen-bond acceptors (Lipinski definition) is 2. The van der Waals surface area contributed by atoms with Gasteiger partial charge in [0.15, 0.2) is 0 Å². The molecule has 0 atom stereocenters. The molecule has 0 saturated heterocycles. The van der Waals surface area contributed by atoms with Crippen molar-refractivity contribution < 1.29 is 9.53 Å². The fourth-order valence-corrected chi connectivity index (χ4v) is 2.97. The number of halogens is 1. The number of fused-ring (bicyclic) bond motifs is 1. The summed E-state index contributed by atoms with van der Waals surface area (Å²) in [5, 5.41) is 6.81. The minimum Gasteiger partial charge on any atom is -0.383 e. The van der Waals surface area contributed by atoms with Crippen LogP contribution in [-0.4, -0.2) is 24.3 Å². The highest BCUT2D eigenvalue weighted by Crippen LogP contribution is 2.26. The zero-order valence-corrected chi connectivity index (χ0v) is 15.8. The average Bonchev–Trinajstić information content (AvgIpc) is 2.94. The molecule has 0 unspecified atom stereocenters. The van der Waals surface area contributed by atoms with Crippen molar-refractivity contribution in [2.45, 2.75) is 13.5 Å². The Morgan fingerprint density at radius 2 is 2.00 bits per heavy atom. The zero-order chi connectivity index (χ0) is 17.8. The molecule has 6 heteroatoms. The van der Waals surface area contributed by atoms with E-state index in [1.807, 2.05) is 55.6 Å². The van der Waals surface area contributed by atoms with Crippen LogP contribution < -0.4 is 10.6 Å². The van der Waals surface area contributed by atoms with Gasteiger partial charge in [0.05, 0.1) is 17.8 Å². The summed E-state index contributed by atoms with van der Waals surface area (Å²) in [7, 11) is 1.68. The Kier molecular flexibility index (Phi) is 5.40. The Balaban J connectivity index is 1.79. The number of para-hydroxylation sites is 1. The Morgan fingerprint density at radius 1 is 1.20 bits per heavy atom. The number of anilines is 2. The van der Waals surface area contributed by atoms with Crippen molar-refractivity contribution in [3.63, 3.8) is 0 Å². The summed E-state index contributed by atoms with van der Waals surface area (Å²) in [6.45, 7) is 3.32. The standard InChI is InChI=1S/C19H20BrN3O2/c1-13-11-14(7-8-16(13)20)21-19(24)22-17-12-23(9-10-25-2)18-6-4-3-5-15(17)18/h3-8,11-12H,9-10H2,1-2H3,(H2,21,22,24). The fraction of sp³-hybridized carbons (Fsp3) is 0.211. The van der Waals surface area contributed by atoms with Gasteiger partial charge in [-0.1, -0.05) is 34.1 Å². The molecule has 0 spiro atoms. The molecular weight excluding hydrogens is 382 g/mol. The molecule has 2 aromatic carbocycles. The van der Waals surface area contributed by atoms with Crippen LogP contribution in [0.3, 0.4) is 0 Å². The lowest BCUT2D eigenvalue weighted by Gasteiger charge is -2.08. The number of hydrogen-bond donors (Lipinski definition) is 2. The summed E-state index contributed by atoms with van der Waals surface area (Å²) < 4.78 is 8.26. The second-order valence-corrected chi connectivity index (χ2v) is 6.64. The van der Waals surface area contributed by atoms with E-state index in [1.54, 1.807) is 7.11 Å². The van der Waals surface area contributed by atoms with E-state index in [9.17, 15) is 4.79 Å². The van der Waals surface area contributed by atoms with Gasteiger partial charge in [-0.25, -0.2) is 4.79 Å². The molecule has 0 saturated carbocycles. The molecule has 0 aliphatic rings. The lowest BCUT2D eigenvalue weighted by molar-refractivity contribution is 0.188. The van der Waals surface area contributed by atoms with E-state index >= 15 is 0 Å². The van der Waals surface area contributed by atoms with Gasteiger partial charge < -0.3 is 19.9 Å². The van der Waals surface area contributed by atoms with Crippen LogP contribution in [0.5, 0.6) is 0 Å². The smallest absolute Gasteiger partial charge is 0.323 e. The minimum atomic E-state index is -0.267. The molecule has 0 fully saturated rings. The van der Waals surface area contributed by atoms with Gasteiger partial charge in [-0.2, -0.15) is 0 Å². The highest BCUT2D eigenvalue weighted by atomic mass is 79.9. The van der Waals surface area contributed by atoms with Gasteiger partial charge in [0.2, 0.25) is 0 Å². The van der Waals surface area contributed by atoms with E-state index < -0.39 is 0 Å². The summed E-state index contributed by atoms with van der Waals surface area (Å²) in [6, 6.07) is 13.4. The third-order valence-corrected chi connectivity index (χ3v) is 4.88. The van der Waals surface area contributed by atoms with E-state index in [0.717, 1.165) is 38.9 Å². The predicted octanol–water partition coefficient (Wildman–Crippen LogP) is 5.00. The Labute approximate surface area is 155 Å². The van der Waals surface area contributed by atoms with Crippen molar-refractivity contribution in [2.75, 3.05) is 24.4 Å².